The van der Waals surface area contributed by atoms with Gasteiger partial charge >= 0.3 is 0 Å². The van der Waals surface area contributed by atoms with E-state index in [-0.39, 0.29) is 23.0 Å². The largest absolute Gasteiger partial charge is 0.343 e. The van der Waals surface area contributed by atoms with Gasteiger partial charge in [-0.2, -0.15) is 12.7 Å². The molecule has 2 aliphatic rings. The molecule has 0 aliphatic carbocycles. The highest BCUT2D eigenvalue weighted by molar-refractivity contribution is 7.90. The molecule has 0 aromatic heterocycles. The summed E-state index contributed by atoms with van der Waals surface area (Å²) < 4.78 is 57.9. The topological polar surface area (TPSA) is 90.4 Å². The van der Waals surface area contributed by atoms with Crippen molar-refractivity contribution < 1.29 is 16.8 Å². The summed E-state index contributed by atoms with van der Waals surface area (Å²) in [6.45, 7) is 6.68. The van der Waals surface area contributed by atoms with E-state index in [1.807, 2.05) is 13.8 Å². The number of hydrogen-bond acceptors (Lipinski definition) is 5. The van der Waals surface area contributed by atoms with Gasteiger partial charge in [0, 0.05) is 13.1 Å². The molecule has 33 heavy (non-hydrogen) atoms. The maximum atomic E-state index is 13.1. The highest BCUT2D eigenvalue weighted by Gasteiger charge is 2.34. The van der Waals surface area contributed by atoms with Crippen LogP contribution >= 0.6 is 0 Å². The van der Waals surface area contributed by atoms with Crippen molar-refractivity contribution in [1.82, 2.24) is 14.1 Å². The monoisotopic (exact) mass is 490 g/mol. The molecule has 0 bridgehead atoms. The molecule has 2 aliphatic heterocycles. The number of nitrogens with zero attached hydrogens (tertiary/aromatic N) is 4. The number of sulfonamides is 2. The molecule has 178 valence electrons. The Morgan fingerprint density at radius 2 is 1.33 bits per heavy atom. The van der Waals surface area contributed by atoms with Gasteiger partial charge in [0.25, 0.3) is 10.0 Å². The summed E-state index contributed by atoms with van der Waals surface area (Å²) in [5.74, 6) is 0.388. The lowest BCUT2D eigenvalue weighted by atomic mass is 10.2. The van der Waals surface area contributed by atoms with Crippen LogP contribution < -0.4 is 0 Å². The summed E-state index contributed by atoms with van der Waals surface area (Å²) in [4.78, 5) is 4.31. The summed E-state index contributed by atoms with van der Waals surface area (Å²) in [6, 6.07) is 13.4. The van der Waals surface area contributed by atoms with Gasteiger partial charge < -0.3 is 4.90 Å². The van der Waals surface area contributed by atoms with Crippen LogP contribution in [0.2, 0.25) is 0 Å². The van der Waals surface area contributed by atoms with Gasteiger partial charge in [0.15, 0.2) is 0 Å². The van der Waals surface area contributed by atoms with Crippen molar-refractivity contribution in [3.05, 3.63) is 59.7 Å². The van der Waals surface area contributed by atoms with Crippen LogP contribution in [0.3, 0.4) is 0 Å². The van der Waals surface area contributed by atoms with Crippen molar-refractivity contribution in [3.63, 3.8) is 0 Å². The maximum Gasteiger partial charge on any atom is 0.283 e. The molecule has 2 heterocycles. The average Bonchev–Trinajstić information content (AvgIpc) is 3.46. The predicted octanol–water partition coefficient (Wildman–Crippen LogP) is 2.45. The van der Waals surface area contributed by atoms with Gasteiger partial charge in [-0.3, -0.25) is 4.90 Å². The smallest absolute Gasteiger partial charge is 0.283 e. The molecule has 2 fully saturated rings. The first-order valence-electron chi connectivity index (χ1n) is 11.1. The van der Waals surface area contributed by atoms with Gasteiger partial charge in [0.1, 0.15) is 5.84 Å². The number of benzene rings is 2. The summed E-state index contributed by atoms with van der Waals surface area (Å²) >= 11 is 0. The van der Waals surface area contributed by atoms with Crippen LogP contribution in [0.15, 0.2) is 62.7 Å². The molecule has 0 spiro atoms. The molecule has 0 N–H and O–H groups in total. The van der Waals surface area contributed by atoms with Gasteiger partial charge in [-0.15, -0.1) is 4.40 Å². The average molecular weight is 491 g/mol. The number of rotatable bonds is 6. The van der Waals surface area contributed by atoms with Gasteiger partial charge in [-0.25, -0.2) is 8.42 Å². The SMILES string of the molecule is Cc1ccc(S(=O)(=O)/N=C(\CN2CCCC2)N2CCN(S(=O)(=O)c3ccc(C)cc3)C2)cc1. The molecule has 0 unspecified atom stereocenters. The van der Waals surface area contributed by atoms with Crippen LogP contribution in [0.1, 0.15) is 24.0 Å². The quantitative estimate of drug-likeness (QED) is 0.456. The third-order valence-electron chi connectivity index (χ3n) is 6.08. The van der Waals surface area contributed by atoms with Crippen molar-refractivity contribution in [2.45, 2.75) is 36.5 Å². The van der Waals surface area contributed by atoms with Crippen LogP contribution in [0, 0.1) is 13.8 Å². The van der Waals surface area contributed by atoms with Crippen LogP contribution in [-0.4, -0.2) is 76.2 Å². The fourth-order valence-electron chi connectivity index (χ4n) is 4.06. The Labute approximate surface area is 196 Å². The van der Waals surface area contributed by atoms with Gasteiger partial charge in [0.05, 0.1) is 23.0 Å². The van der Waals surface area contributed by atoms with E-state index < -0.39 is 20.0 Å². The molecule has 10 heteroatoms. The molecule has 0 saturated carbocycles. The number of hydrogen-bond donors (Lipinski definition) is 0. The summed E-state index contributed by atoms with van der Waals surface area (Å²) in [5, 5.41) is 0. The summed E-state index contributed by atoms with van der Waals surface area (Å²) in [7, 11) is -7.59. The van der Waals surface area contributed by atoms with Crippen molar-refractivity contribution in [2.24, 2.45) is 4.40 Å². The van der Waals surface area contributed by atoms with Crippen molar-refractivity contribution in [2.75, 3.05) is 39.4 Å². The second-order valence-electron chi connectivity index (χ2n) is 8.68. The molecule has 2 aromatic carbocycles. The molecule has 0 radical (unpaired) electrons. The first-order chi connectivity index (χ1) is 15.6. The summed E-state index contributed by atoms with van der Waals surface area (Å²) in [5.41, 5.74) is 1.95. The van der Waals surface area contributed by atoms with Crippen molar-refractivity contribution in [1.29, 1.82) is 0 Å². The Morgan fingerprint density at radius 3 is 1.91 bits per heavy atom. The third-order valence-corrected chi connectivity index (χ3v) is 9.24. The lowest BCUT2D eigenvalue weighted by Crippen LogP contribution is -2.40. The fourth-order valence-corrected chi connectivity index (χ4v) is 6.49. The molecule has 8 nitrogen and oxygen atoms in total. The Balaban J connectivity index is 1.60. The van der Waals surface area contributed by atoms with E-state index in [0.29, 0.717) is 18.9 Å². The Kier molecular flexibility index (Phi) is 6.90. The molecule has 4 rings (SSSR count). The van der Waals surface area contributed by atoms with Crippen LogP contribution in [0.4, 0.5) is 0 Å². The number of aryl methyl sites for hydroxylation is 2. The molecule has 2 aromatic rings. The van der Waals surface area contributed by atoms with E-state index in [9.17, 15) is 16.8 Å². The zero-order valence-corrected chi connectivity index (χ0v) is 20.6. The minimum absolute atomic E-state index is 0.0757. The van der Waals surface area contributed by atoms with E-state index in [1.165, 1.54) is 4.31 Å². The Morgan fingerprint density at radius 1 is 0.788 bits per heavy atom. The molecular formula is C23H30N4O4S2. The van der Waals surface area contributed by atoms with E-state index in [0.717, 1.165) is 37.1 Å². The normalized spacial score (nSPS) is 18.8. The standard InChI is InChI=1S/C23H30N4O4S2/c1-19-5-9-21(10-6-19)32(28,29)24-23(17-25-13-3-4-14-25)26-15-16-27(18-26)33(30,31)22-11-7-20(2)8-12-22/h5-12H,3-4,13-18H2,1-2H3/b24-23+. The first-order valence-corrected chi connectivity index (χ1v) is 14.0. The number of likely N-dealkylation sites (tertiary alicyclic amines) is 1. The summed E-state index contributed by atoms with van der Waals surface area (Å²) in [6.07, 6.45) is 2.12. The van der Waals surface area contributed by atoms with E-state index in [1.54, 1.807) is 53.4 Å². The van der Waals surface area contributed by atoms with Crippen molar-refractivity contribution >= 4 is 25.9 Å². The van der Waals surface area contributed by atoms with Crippen LogP contribution in [0.25, 0.3) is 0 Å². The minimum atomic E-state index is -3.91. The van der Waals surface area contributed by atoms with Gasteiger partial charge in [-0.05, 0) is 64.0 Å². The molecule has 0 amide bonds. The van der Waals surface area contributed by atoms with Gasteiger partial charge in [-0.1, -0.05) is 35.4 Å². The molecular weight excluding hydrogens is 460 g/mol. The number of amidine groups is 1. The zero-order valence-electron chi connectivity index (χ0n) is 19.0. The molecule has 2 saturated heterocycles. The molecule has 0 atom stereocenters. The predicted molar refractivity (Wildman–Crippen MR) is 128 cm³/mol. The fraction of sp³-hybridized carbons (Fsp3) is 0.435. The first kappa shape index (κ1) is 23.9. The Bertz CT molecular complexity index is 1220. The van der Waals surface area contributed by atoms with E-state index in [2.05, 4.69) is 9.30 Å². The van der Waals surface area contributed by atoms with Gasteiger partial charge in [0.2, 0.25) is 10.0 Å². The van der Waals surface area contributed by atoms with E-state index >= 15 is 0 Å². The van der Waals surface area contributed by atoms with E-state index in [4.69, 9.17) is 0 Å². The highest BCUT2D eigenvalue weighted by atomic mass is 32.2. The zero-order chi connectivity index (χ0) is 23.6. The lowest BCUT2D eigenvalue weighted by molar-refractivity contribution is 0.356. The minimum Gasteiger partial charge on any atom is -0.343 e. The second-order valence-corrected chi connectivity index (χ2v) is 12.2. The second kappa shape index (κ2) is 9.54. The maximum absolute atomic E-state index is 13.1. The van der Waals surface area contributed by atoms with Crippen LogP contribution in [0.5, 0.6) is 0 Å². The highest BCUT2D eigenvalue weighted by Crippen LogP contribution is 2.22. The third kappa shape index (κ3) is 5.46. The Hall–Kier alpha value is -2.27. The van der Waals surface area contributed by atoms with Crippen LogP contribution in [-0.2, 0) is 20.0 Å². The lowest BCUT2D eigenvalue weighted by Gasteiger charge is -2.25. The van der Waals surface area contributed by atoms with Crippen molar-refractivity contribution in [3.8, 4) is 0 Å².